The molecule has 2 N–H and O–H groups in total. The van der Waals surface area contributed by atoms with Crippen LogP contribution < -0.4 is 5.32 Å². The molecule has 2 aromatic rings. The molecular formula is C16H17F4IN2OS. The topological polar surface area (TPSA) is 35.5 Å². The molecule has 1 aromatic carbocycles. The molecule has 3 nitrogen and oxygen atoms in total. The Labute approximate surface area is 160 Å². The summed E-state index contributed by atoms with van der Waals surface area (Å²) in [6.45, 7) is 1.09. The second kappa shape index (κ2) is 7.16. The summed E-state index contributed by atoms with van der Waals surface area (Å²) in [4.78, 5) is 1.91. The van der Waals surface area contributed by atoms with Gasteiger partial charge in [0.1, 0.15) is 6.17 Å². The van der Waals surface area contributed by atoms with Crippen LogP contribution in [-0.2, 0) is 0 Å². The fraction of sp³-hybridized carbons (Fsp3) is 0.500. The van der Waals surface area contributed by atoms with E-state index in [0.29, 0.717) is 31.6 Å². The maximum absolute atomic E-state index is 14.3. The molecule has 0 saturated carbocycles. The highest BCUT2D eigenvalue weighted by Crippen LogP contribution is 2.44. The molecule has 9 heteroatoms. The van der Waals surface area contributed by atoms with Gasteiger partial charge in [-0.3, -0.25) is 0 Å². The SMILES string of the molecule is CN1CCC(Nc2cccc3c(C(O)C(F)(F)F)c(I)sc23)C(F)C1. The summed E-state index contributed by atoms with van der Waals surface area (Å²) < 4.78 is 54.1. The number of benzene rings is 1. The lowest BCUT2D eigenvalue weighted by Gasteiger charge is -2.33. The predicted octanol–water partition coefficient (Wildman–Crippen LogP) is 4.56. The molecule has 2 heterocycles. The first kappa shape index (κ1) is 19.1. The highest BCUT2D eigenvalue weighted by molar-refractivity contribution is 14.1. The molecular weight excluding hydrogens is 471 g/mol. The first-order valence-electron chi connectivity index (χ1n) is 7.73. The van der Waals surface area contributed by atoms with Crippen molar-refractivity contribution in [3.63, 3.8) is 0 Å². The largest absolute Gasteiger partial charge is 0.418 e. The standard InChI is InChI=1S/C16H17F4IN2OS/c1-23-6-5-10(9(17)7-23)22-11-4-2-3-8-12(14(24)16(18,19)20)15(21)25-13(8)11/h2-4,9-10,14,22,24H,5-7H2,1H3. The van der Waals surface area contributed by atoms with Gasteiger partial charge < -0.3 is 15.3 Å². The van der Waals surface area contributed by atoms with Gasteiger partial charge in [-0.15, -0.1) is 11.3 Å². The van der Waals surface area contributed by atoms with E-state index < -0.39 is 18.5 Å². The van der Waals surface area contributed by atoms with Crippen molar-refractivity contribution in [3.05, 3.63) is 26.6 Å². The number of fused-ring (bicyclic) bond motifs is 1. The van der Waals surface area contributed by atoms with Crippen molar-refractivity contribution in [1.29, 1.82) is 0 Å². The third-order valence-corrected chi connectivity index (χ3v) is 6.66. The van der Waals surface area contributed by atoms with Gasteiger partial charge in [0.2, 0.25) is 0 Å². The number of alkyl halides is 4. The molecule has 0 amide bonds. The van der Waals surface area contributed by atoms with E-state index in [4.69, 9.17) is 0 Å². The van der Waals surface area contributed by atoms with E-state index in [0.717, 1.165) is 6.54 Å². The van der Waals surface area contributed by atoms with Gasteiger partial charge >= 0.3 is 6.18 Å². The van der Waals surface area contributed by atoms with Gasteiger partial charge in [-0.2, -0.15) is 13.2 Å². The minimum absolute atomic E-state index is 0.128. The zero-order valence-corrected chi connectivity index (χ0v) is 16.3. The van der Waals surface area contributed by atoms with Crippen LogP contribution in [0.4, 0.5) is 23.2 Å². The van der Waals surface area contributed by atoms with Gasteiger partial charge in [-0.1, -0.05) is 12.1 Å². The average molecular weight is 488 g/mol. The van der Waals surface area contributed by atoms with Crippen LogP contribution in [0.1, 0.15) is 18.1 Å². The Bertz CT molecular complexity index is 766. The van der Waals surface area contributed by atoms with Crippen LogP contribution in [0.5, 0.6) is 0 Å². The number of rotatable bonds is 3. The Morgan fingerprint density at radius 3 is 2.76 bits per heavy atom. The predicted molar refractivity (Wildman–Crippen MR) is 100.0 cm³/mol. The monoisotopic (exact) mass is 488 g/mol. The zero-order valence-electron chi connectivity index (χ0n) is 13.3. The summed E-state index contributed by atoms with van der Waals surface area (Å²) in [6.07, 6.45) is -7.68. The number of piperidine rings is 1. The molecule has 1 aliphatic heterocycles. The molecule has 0 bridgehead atoms. The summed E-state index contributed by atoms with van der Waals surface area (Å²) in [5, 5.41) is 13.2. The molecule has 0 spiro atoms. The second-order valence-electron chi connectivity index (χ2n) is 6.23. The van der Waals surface area contributed by atoms with Crippen LogP contribution in [0.25, 0.3) is 10.1 Å². The lowest BCUT2D eigenvalue weighted by atomic mass is 10.0. The van der Waals surface area contributed by atoms with E-state index >= 15 is 0 Å². The van der Waals surface area contributed by atoms with E-state index in [9.17, 15) is 22.7 Å². The van der Waals surface area contributed by atoms with Crippen molar-refractivity contribution < 1.29 is 22.7 Å². The number of halogens is 5. The molecule has 1 aliphatic rings. The summed E-state index contributed by atoms with van der Waals surface area (Å²) >= 11 is 2.98. The van der Waals surface area contributed by atoms with Crippen LogP contribution in [-0.4, -0.2) is 48.5 Å². The summed E-state index contributed by atoms with van der Waals surface area (Å²) in [5.41, 5.74) is 0.482. The molecule has 138 valence electrons. The van der Waals surface area contributed by atoms with E-state index in [-0.39, 0.29) is 11.6 Å². The Morgan fingerprint density at radius 1 is 1.40 bits per heavy atom. The third kappa shape index (κ3) is 3.88. The second-order valence-corrected chi connectivity index (χ2v) is 9.06. The lowest BCUT2D eigenvalue weighted by molar-refractivity contribution is -0.206. The number of thiophene rings is 1. The maximum atomic E-state index is 14.3. The van der Waals surface area contributed by atoms with Gasteiger partial charge in [0.25, 0.3) is 0 Å². The van der Waals surface area contributed by atoms with Crippen LogP contribution >= 0.6 is 33.9 Å². The van der Waals surface area contributed by atoms with Crippen molar-refractivity contribution in [2.75, 3.05) is 25.5 Å². The van der Waals surface area contributed by atoms with Crippen LogP contribution in [0.2, 0.25) is 0 Å². The van der Waals surface area contributed by atoms with Gasteiger partial charge in [0, 0.05) is 24.0 Å². The third-order valence-electron chi connectivity index (χ3n) is 4.38. The number of aliphatic hydroxyl groups excluding tert-OH is 1. The summed E-state index contributed by atoms with van der Waals surface area (Å²) in [5.74, 6) is 0. The molecule has 3 atom stereocenters. The minimum Gasteiger partial charge on any atom is -0.379 e. The fourth-order valence-corrected chi connectivity index (χ4v) is 5.34. The number of anilines is 1. The van der Waals surface area contributed by atoms with Gasteiger partial charge in [0.15, 0.2) is 6.10 Å². The lowest BCUT2D eigenvalue weighted by Crippen LogP contribution is -2.46. The Hall–Kier alpha value is -0.650. The molecule has 1 fully saturated rings. The van der Waals surface area contributed by atoms with E-state index in [1.54, 1.807) is 18.2 Å². The Kier molecular flexibility index (Phi) is 5.48. The number of hydrogen-bond donors (Lipinski definition) is 2. The van der Waals surface area contributed by atoms with Crippen LogP contribution in [0.15, 0.2) is 18.2 Å². The quantitative estimate of drug-likeness (QED) is 0.492. The molecule has 0 aliphatic carbocycles. The molecule has 3 rings (SSSR count). The summed E-state index contributed by atoms with van der Waals surface area (Å²) in [6, 6.07) is 4.55. The van der Waals surface area contributed by atoms with Crippen LogP contribution in [0.3, 0.4) is 0 Å². The van der Waals surface area contributed by atoms with Crippen molar-refractivity contribution in [2.24, 2.45) is 0 Å². The van der Waals surface area contributed by atoms with Gasteiger partial charge in [-0.25, -0.2) is 4.39 Å². The number of nitrogens with zero attached hydrogens (tertiary/aromatic N) is 1. The van der Waals surface area contributed by atoms with Crippen molar-refractivity contribution in [1.82, 2.24) is 4.90 Å². The number of likely N-dealkylation sites (tertiary alicyclic amines) is 1. The number of hydrogen-bond acceptors (Lipinski definition) is 4. The van der Waals surface area contributed by atoms with E-state index in [2.05, 4.69) is 5.32 Å². The highest BCUT2D eigenvalue weighted by atomic mass is 127. The van der Waals surface area contributed by atoms with Gasteiger partial charge in [-0.05, 0) is 42.1 Å². The molecule has 0 radical (unpaired) electrons. The summed E-state index contributed by atoms with van der Waals surface area (Å²) in [7, 11) is 1.86. The minimum atomic E-state index is -4.73. The van der Waals surface area contributed by atoms with Crippen LogP contribution in [0, 0.1) is 2.88 Å². The Balaban J connectivity index is 1.96. The van der Waals surface area contributed by atoms with Crippen molar-refractivity contribution >= 4 is 49.7 Å². The average Bonchev–Trinajstić information content (AvgIpc) is 2.85. The molecule has 25 heavy (non-hydrogen) atoms. The zero-order chi connectivity index (χ0) is 18.4. The van der Waals surface area contributed by atoms with E-state index in [1.807, 2.05) is 34.5 Å². The smallest absolute Gasteiger partial charge is 0.379 e. The number of aliphatic hydroxyl groups is 1. The highest BCUT2D eigenvalue weighted by Gasteiger charge is 2.42. The number of nitrogens with one attached hydrogen (secondary N) is 1. The van der Waals surface area contributed by atoms with E-state index in [1.165, 1.54) is 11.3 Å². The Morgan fingerprint density at radius 2 is 2.12 bits per heavy atom. The first-order chi connectivity index (χ1) is 11.7. The van der Waals surface area contributed by atoms with Gasteiger partial charge in [0.05, 0.1) is 19.3 Å². The normalized spacial score (nSPS) is 23.8. The fourth-order valence-electron chi connectivity index (χ4n) is 3.06. The molecule has 1 aromatic heterocycles. The van der Waals surface area contributed by atoms with Crippen molar-refractivity contribution in [2.45, 2.75) is 30.9 Å². The maximum Gasteiger partial charge on any atom is 0.418 e. The molecule has 1 saturated heterocycles. The first-order valence-corrected chi connectivity index (χ1v) is 9.63. The van der Waals surface area contributed by atoms with Crippen molar-refractivity contribution in [3.8, 4) is 0 Å². The molecule has 3 unspecified atom stereocenters.